The number of nitrogens with zero attached hydrogens (tertiary/aromatic N) is 1. The van der Waals surface area contributed by atoms with Crippen LogP contribution in [0.5, 0.6) is 0 Å². The van der Waals surface area contributed by atoms with Gasteiger partial charge in [0.1, 0.15) is 5.41 Å². The van der Waals surface area contributed by atoms with Gasteiger partial charge in [-0.2, -0.15) is 0 Å². The van der Waals surface area contributed by atoms with Crippen LogP contribution in [0.25, 0.3) is 0 Å². The number of carbonyl (C=O) groups excluding carboxylic acids is 3. The van der Waals surface area contributed by atoms with E-state index in [9.17, 15) is 14.4 Å². The molecule has 0 aromatic heterocycles. The molecule has 1 N–H and O–H groups in total. The van der Waals surface area contributed by atoms with E-state index in [1.807, 2.05) is 18.2 Å². The number of benzene rings is 1. The lowest BCUT2D eigenvalue weighted by atomic mass is 9.66. The van der Waals surface area contributed by atoms with E-state index in [1.165, 1.54) is 16.0 Å². The third-order valence-corrected chi connectivity index (χ3v) is 5.13. The van der Waals surface area contributed by atoms with Crippen molar-refractivity contribution in [2.24, 2.45) is 5.41 Å². The number of barbiturate groups is 1. The van der Waals surface area contributed by atoms with Crippen LogP contribution in [-0.4, -0.2) is 29.3 Å². The molecule has 1 saturated heterocycles. The van der Waals surface area contributed by atoms with Crippen LogP contribution in [0.2, 0.25) is 0 Å². The molecule has 0 radical (unpaired) electrons. The molecular formula is C16H16N2O3. The number of carbonyl (C=O) groups is 3. The molecule has 21 heavy (non-hydrogen) atoms. The number of nitrogens with one attached hydrogen (secondary N) is 1. The van der Waals surface area contributed by atoms with Gasteiger partial charge in [0.05, 0.1) is 0 Å². The van der Waals surface area contributed by atoms with Gasteiger partial charge in [-0.3, -0.25) is 19.8 Å². The van der Waals surface area contributed by atoms with Gasteiger partial charge < -0.3 is 0 Å². The van der Waals surface area contributed by atoms with Gasteiger partial charge in [-0.1, -0.05) is 30.7 Å². The van der Waals surface area contributed by atoms with Crippen LogP contribution in [0, 0.1) is 5.41 Å². The predicted molar refractivity (Wildman–Crippen MR) is 74.4 cm³/mol. The molecule has 1 atom stereocenters. The lowest BCUT2D eigenvalue weighted by molar-refractivity contribution is -0.157. The highest BCUT2D eigenvalue weighted by Gasteiger charge is 2.57. The first-order chi connectivity index (χ1) is 10.1. The molecule has 1 aromatic carbocycles. The monoisotopic (exact) mass is 284 g/mol. The fourth-order valence-electron chi connectivity index (χ4n) is 3.61. The van der Waals surface area contributed by atoms with Crippen molar-refractivity contribution in [2.45, 2.75) is 31.6 Å². The number of urea groups is 1. The Bertz CT molecular complexity index is 663. The van der Waals surface area contributed by atoms with Gasteiger partial charge in [0.15, 0.2) is 0 Å². The van der Waals surface area contributed by atoms with Crippen LogP contribution < -0.4 is 5.32 Å². The van der Waals surface area contributed by atoms with Gasteiger partial charge in [0.25, 0.3) is 0 Å². The summed E-state index contributed by atoms with van der Waals surface area (Å²) >= 11 is 0. The molecule has 5 heteroatoms. The van der Waals surface area contributed by atoms with E-state index in [4.69, 9.17) is 0 Å². The van der Waals surface area contributed by atoms with E-state index >= 15 is 0 Å². The normalized spacial score (nSPS) is 26.0. The summed E-state index contributed by atoms with van der Waals surface area (Å²) in [6, 6.07) is 7.52. The SMILES string of the molecule is O=C1NC(=O)C2(CCC2)C(=O)N1CC1Cc2ccccc21. The van der Waals surface area contributed by atoms with Gasteiger partial charge in [-0.15, -0.1) is 0 Å². The molecule has 1 aromatic rings. The first kappa shape index (κ1) is 12.6. The van der Waals surface area contributed by atoms with Crippen molar-refractivity contribution in [1.29, 1.82) is 0 Å². The number of hydrogen-bond donors (Lipinski definition) is 1. The molecule has 1 saturated carbocycles. The van der Waals surface area contributed by atoms with Crippen molar-refractivity contribution in [1.82, 2.24) is 10.2 Å². The lowest BCUT2D eigenvalue weighted by Crippen LogP contribution is -2.66. The molecule has 1 heterocycles. The third kappa shape index (κ3) is 1.60. The van der Waals surface area contributed by atoms with Crippen LogP contribution in [0.4, 0.5) is 4.79 Å². The Balaban J connectivity index is 1.56. The van der Waals surface area contributed by atoms with Crippen LogP contribution in [0.15, 0.2) is 24.3 Å². The molecular weight excluding hydrogens is 268 g/mol. The first-order valence-electron chi connectivity index (χ1n) is 7.37. The molecule has 0 bridgehead atoms. The van der Waals surface area contributed by atoms with E-state index < -0.39 is 17.4 Å². The first-order valence-corrected chi connectivity index (χ1v) is 7.37. The van der Waals surface area contributed by atoms with E-state index in [-0.39, 0.29) is 11.8 Å². The maximum Gasteiger partial charge on any atom is 0.330 e. The Morgan fingerprint density at radius 3 is 2.62 bits per heavy atom. The second-order valence-electron chi connectivity index (χ2n) is 6.21. The molecule has 3 aliphatic rings. The molecule has 1 aliphatic heterocycles. The quantitative estimate of drug-likeness (QED) is 0.838. The maximum atomic E-state index is 12.6. The summed E-state index contributed by atoms with van der Waals surface area (Å²) in [4.78, 5) is 37.8. The van der Waals surface area contributed by atoms with Gasteiger partial charge in [0, 0.05) is 12.5 Å². The summed E-state index contributed by atoms with van der Waals surface area (Å²) in [5.74, 6) is -0.512. The Kier molecular flexibility index (Phi) is 2.49. The van der Waals surface area contributed by atoms with Crippen molar-refractivity contribution in [3.63, 3.8) is 0 Å². The topological polar surface area (TPSA) is 66.5 Å². The van der Waals surface area contributed by atoms with Crippen LogP contribution >= 0.6 is 0 Å². The van der Waals surface area contributed by atoms with Gasteiger partial charge >= 0.3 is 6.03 Å². The van der Waals surface area contributed by atoms with Crippen molar-refractivity contribution < 1.29 is 14.4 Å². The average molecular weight is 284 g/mol. The lowest BCUT2D eigenvalue weighted by Gasteiger charge is -2.46. The summed E-state index contributed by atoms with van der Waals surface area (Å²) in [6.45, 7) is 0.372. The molecule has 2 fully saturated rings. The standard InChI is InChI=1S/C16H16N2O3/c19-13-16(6-3-7-16)14(20)18(15(21)17-13)9-11-8-10-4-1-2-5-12(10)11/h1-2,4-5,11H,3,6-9H2,(H,17,19,21). The molecule has 108 valence electrons. The third-order valence-electron chi connectivity index (χ3n) is 5.13. The summed E-state index contributed by atoms with van der Waals surface area (Å²) in [5, 5.41) is 2.36. The van der Waals surface area contributed by atoms with Crippen molar-refractivity contribution in [3.8, 4) is 0 Å². The minimum absolute atomic E-state index is 0.196. The summed E-state index contributed by atoms with van der Waals surface area (Å²) in [6.07, 6.45) is 2.87. The van der Waals surface area contributed by atoms with Gasteiger partial charge in [-0.25, -0.2) is 4.79 Å². The molecule has 1 spiro atoms. The Morgan fingerprint density at radius 2 is 1.95 bits per heavy atom. The summed E-state index contributed by atoms with van der Waals surface area (Å²) in [7, 11) is 0. The maximum absolute atomic E-state index is 12.6. The minimum Gasteiger partial charge on any atom is -0.277 e. The second-order valence-corrected chi connectivity index (χ2v) is 6.21. The fourth-order valence-corrected chi connectivity index (χ4v) is 3.61. The van der Waals surface area contributed by atoms with Crippen molar-refractivity contribution in [3.05, 3.63) is 35.4 Å². The molecule has 1 unspecified atom stereocenters. The van der Waals surface area contributed by atoms with Gasteiger partial charge in [-0.05, 0) is 30.4 Å². The Hall–Kier alpha value is -2.17. The minimum atomic E-state index is -0.961. The summed E-state index contributed by atoms with van der Waals surface area (Å²) in [5.41, 5.74) is 1.52. The number of amides is 4. The van der Waals surface area contributed by atoms with Crippen LogP contribution in [0.1, 0.15) is 36.3 Å². The molecule has 4 amide bonds. The number of hydrogen-bond acceptors (Lipinski definition) is 3. The second kappa shape index (κ2) is 4.16. The highest BCUT2D eigenvalue weighted by atomic mass is 16.2. The van der Waals surface area contributed by atoms with E-state index in [0.717, 1.165) is 12.8 Å². The fraction of sp³-hybridized carbons (Fsp3) is 0.438. The Morgan fingerprint density at radius 1 is 1.19 bits per heavy atom. The van der Waals surface area contributed by atoms with Crippen molar-refractivity contribution >= 4 is 17.8 Å². The smallest absolute Gasteiger partial charge is 0.277 e. The zero-order valence-corrected chi connectivity index (χ0v) is 11.6. The van der Waals surface area contributed by atoms with E-state index in [2.05, 4.69) is 11.4 Å². The zero-order chi connectivity index (χ0) is 14.6. The number of rotatable bonds is 2. The highest BCUT2D eigenvalue weighted by molar-refractivity contribution is 6.19. The van der Waals surface area contributed by atoms with E-state index in [1.54, 1.807) is 0 Å². The largest absolute Gasteiger partial charge is 0.330 e. The van der Waals surface area contributed by atoms with Gasteiger partial charge in [0.2, 0.25) is 11.8 Å². The highest BCUT2D eigenvalue weighted by Crippen LogP contribution is 2.45. The average Bonchev–Trinajstić information content (AvgIpc) is 2.37. The van der Waals surface area contributed by atoms with Crippen LogP contribution in [-0.2, 0) is 16.0 Å². The zero-order valence-electron chi connectivity index (χ0n) is 11.6. The Labute approximate surface area is 122 Å². The number of imide groups is 2. The number of fused-ring (bicyclic) bond motifs is 1. The predicted octanol–water partition coefficient (Wildman–Crippen LogP) is 1.57. The molecule has 5 nitrogen and oxygen atoms in total. The summed E-state index contributed by atoms with van der Waals surface area (Å²) < 4.78 is 0. The molecule has 4 rings (SSSR count). The van der Waals surface area contributed by atoms with Crippen LogP contribution in [0.3, 0.4) is 0 Å². The van der Waals surface area contributed by atoms with Crippen molar-refractivity contribution in [2.75, 3.05) is 6.54 Å². The molecule has 2 aliphatic carbocycles. The van der Waals surface area contributed by atoms with E-state index in [0.29, 0.717) is 19.4 Å².